The van der Waals surface area contributed by atoms with Gasteiger partial charge in [-0.05, 0) is 43.7 Å². The van der Waals surface area contributed by atoms with Crippen LogP contribution in [0, 0.1) is 5.82 Å². The van der Waals surface area contributed by atoms with Crippen molar-refractivity contribution in [3.63, 3.8) is 0 Å². The van der Waals surface area contributed by atoms with E-state index in [1.807, 2.05) is 6.92 Å². The lowest BCUT2D eigenvalue weighted by atomic mass is 10.2. The van der Waals surface area contributed by atoms with Gasteiger partial charge in [0, 0.05) is 16.6 Å². The minimum atomic E-state index is -0.924. The Hall–Kier alpha value is -1.83. The zero-order valence-corrected chi connectivity index (χ0v) is 17.2. The maximum atomic E-state index is 13.2. The van der Waals surface area contributed by atoms with Gasteiger partial charge in [-0.1, -0.05) is 33.6 Å². The molecule has 1 unspecified atom stereocenters. The van der Waals surface area contributed by atoms with Gasteiger partial charge in [0.25, 0.3) is 0 Å². The number of carbonyl (C=O) groups is 1. The van der Waals surface area contributed by atoms with E-state index in [-0.39, 0.29) is 11.6 Å². The molecule has 27 heavy (non-hydrogen) atoms. The van der Waals surface area contributed by atoms with Crippen LogP contribution >= 0.6 is 27.5 Å². The average molecular weight is 461 g/mol. The van der Waals surface area contributed by atoms with Gasteiger partial charge in [-0.25, -0.2) is 4.39 Å². The monoisotopic (exact) mass is 459 g/mol. The molecule has 0 aliphatic heterocycles. The molecule has 2 N–H and O–H groups in total. The maximum Gasteiger partial charge on any atom is 0.320 e. The van der Waals surface area contributed by atoms with Crippen molar-refractivity contribution in [3.8, 4) is 11.5 Å². The van der Waals surface area contributed by atoms with E-state index in [9.17, 15) is 9.18 Å². The van der Waals surface area contributed by atoms with Gasteiger partial charge in [0.05, 0.1) is 11.6 Å². The minimum Gasteiger partial charge on any atom is -0.490 e. The van der Waals surface area contributed by atoms with Gasteiger partial charge in [-0.15, -0.1) is 0 Å². The van der Waals surface area contributed by atoms with Crippen molar-refractivity contribution in [1.82, 2.24) is 5.32 Å². The molecule has 0 aliphatic carbocycles. The lowest BCUT2D eigenvalue weighted by Gasteiger charge is -2.16. The summed E-state index contributed by atoms with van der Waals surface area (Å²) in [4.78, 5) is 10.9. The number of rotatable bonds is 9. The van der Waals surface area contributed by atoms with Crippen LogP contribution < -0.4 is 14.8 Å². The van der Waals surface area contributed by atoms with E-state index in [0.29, 0.717) is 30.2 Å². The third kappa shape index (κ3) is 6.09. The van der Waals surface area contributed by atoms with Gasteiger partial charge >= 0.3 is 5.97 Å². The van der Waals surface area contributed by atoms with Crippen LogP contribution in [0.15, 0.2) is 34.8 Å². The van der Waals surface area contributed by atoms with Crippen molar-refractivity contribution < 1.29 is 23.8 Å². The molecule has 0 spiro atoms. The Balaban J connectivity index is 2.17. The van der Waals surface area contributed by atoms with Gasteiger partial charge in [0.1, 0.15) is 18.5 Å². The fourth-order valence-corrected chi connectivity index (χ4v) is 2.92. The van der Waals surface area contributed by atoms with Crippen LogP contribution in [0.5, 0.6) is 11.5 Å². The third-order valence-corrected chi connectivity index (χ3v) is 4.87. The van der Waals surface area contributed by atoms with E-state index < -0.39 is 17.8 Å². The molecule has 0 aliphatic rings. The summed E-state index contributed by atoms with van der Waals surface area (Å²) in [7, 11) is 0. The number of hydrogen-bond donors (Lipinski definition) is 2. The van der Waals surface area contributed by atoms with Crippen LogP contribution in [0.25, 0.3) is 0 Å². The Morgan fingerprint density at radius 3 is 2.59 bits per heavy atom. The second kappa shape index (κ2) is 9.92. The number of carboxylic acids is 1. The van der Waals surface area contributed by atoms with Gasteiger partial charge in [-0.3, -0.25) is 4.79 Å². The third-order valence-electron chi connectivity index (χ3n) is 3.78. The Morgan fingerprint density at radius 2 is 1.96 bits per heavy atom. The molecule has 2 rings (SSSR count). The van der Waals surface area contributed by atoms with Gasteiger partial charge in [0.2, 0.25) is 0 Å². The predicted molar refractivity (Wildman–Crippen MR) is 105 cm³/mol. The summed E-state index contributed by atoms with van der Waals surface area (Å²) in [5, 5.41) is 12.2. The van der Waals surface area contributed by atoms with Crippen molar-refractivity contribution in [1.29, 1.82) is 0 Å². The van der Waals surface area contributed by atoms with E-state index in [1.54, 1.807) is 25.1 Å². The summed E-state index contributed by atoms with van der Waals surface area (Å²) < 4.78 is 25.4. The summed E-state index contributed by atoms with van der Waals surface area (Å²) in [5.41, 5.74) is 1.48. The first-order valence-corrected chi connectivity index (χ1v) is 9.47. The molecule has 0 radical (unpaired) electrons. The quantitative estimate of drug-likeness (QED) is 0.563. The second-order valence-corrected chi connectivity index (χ2v) is 7.05. The summed E-state index contributed by atoms with van der Waals surface area (Å²) in [6.45, 7) is 4.36. The fourth-order valence-electron chi connectivity index (χ4n) is 2.24. The van der Waals surface area contributed by atoms with Crippen molar-refractivity contribution in [2.45, 2.75) is 33.0 Å². The smallest absolute Gasteiger partial charge is 0.320 e. The molecule has 0 aromatic heterocycles. The normalized spacial score (nSPS) is 11.9. The number of hydrogen-bond acceptors (Lipinski definition) is 4. The van der Waals surface area contributed by atoms with E-state index in [1.165, 1.54) is 12.1 Å². The highest BCUT2D eigenvalue weighted by Gasteiger charge is 2.15. The van der Waals surface area contributed by atoms with Gasteiger partial charge < -0.3 is 19.9 Å². The van der Waals surface area contributed by atoms with Crippen molar-refractivity contribution in [2.24, 2.45) is 0 Å². The first-order chi connectivity index (χ1) is 12.8. The van der Waals surface area contributed by atoms with Crippen LogP contribution in [0.1, 0.15) is 25.0 Å². The van der Waals surface area contributed by atoms with E-state index in [0.717, 1.165) is 10.0 Å². The minimum absolute atomic E-state index is 0.152. The lowest BCUT2D eigenvalue weighted by molar-refractivity contribution is -0.139. The molecule has 2 aromatic rings. The Bertz CT molecular complexity index is 819. The topological polar surface area (TPSA) is 67.8 Å². The number of nitrogens with one attached hydrogen (secondary N) is 1. The Morgan fingerprint density at radius 1 is 1.26 bits per heavy atom. The predicted octanol–water partition coefficient (Wildman–Crippen LogP) is 4.78. The van der Waals surface area contributed by atoms with E-state index in [4.69, 9.17) is 26.2 Å². The highest BCUT2D eigenvalue weighted by molar-refractivity contribution is 9.10. The molecule has 146 valence electrons. The SMILES string of the molecule is CCOc1cc(CNC(C)C(=O)O)c(Br)cc1OCc1ccc(F)cc1Cl. The van der Waals surface area contributed by atoms with Crippen LogP contribution in [0.2, 0.25) is 5.02 Å². The molecule has 2 aromatic carbocycles. The van der Waals surface area contributed by atoms with E-state index in [2.05, 4.69) is 21.2 Å². The van der Waals surface area contributed by atoms with Crippen molar-refractivity contribution in [2.75, 3.05) is 6.61 Å². The lowest BCUT2D eigenvalue weighted by Crippen LogP contribution is -2.33. The largest absolute Gasteiger partial charge is 0.490 e. The first-order valence-electron chi connectivity index (χ1n) is 8.30. The summed E-state index contributed by atoms with van der Waals surface area (Å²) in [6.07, 6.45) is 0. The van der Waals surface area contributed by atoms with Crippen molar-refractivity contribution in [3.05, 3.63) is 56.8 Å². The van der Waals surface area contributed by atoms with Crippen LogP contribution in [-0.2, 0) is 17.9 Å². The molecule has 5 nitrogen and oxygen atoms in total. The van der Waals surface area contributed by atoms with Crippen molar-refractivity contribution >= 4 is 33.5 Å². The number of aliphatic carboxylic acids is 1. The second-order valence-electron chi connectivity index (χ2n) is 5.79. The maximum absolute atomic E-state index is 13.2. The average Bonchev–Trinajstić information content (AvgIpc) is 2.61. The Labute approximate surface area is 170 Å². The first kappa shape index (κ1) is 21.5. The summed E-state index contributed by atoms with van der Waals surface area (Å²) >= 11 is 9.50. The molecule has 0 amide bonds. The van der Waals surface area contributed by atoms with Crippen LogP contribution in [-0.4, -0.2) is 23.7 Å². The van der Waals surface area contributed by atoms with Crippen LogP contribution in [0.4, 0.5) is 4.39 Å². The highest BCUT2D eigenvalue weighted by Crippen LogP contribution is 2.35. The molecule has 8 heteroatoms. The van der Waals surface area contributed by atoms with E-state index >= 15 is 0 Å². The molecule has 0 heterocycles. The zero-order chi connectivity index (χ0) is 20.0. The number of benzene rings is 2. The standard InChI is InChI=1S/C19H20BrClFNO4/c1-3-26-17-6-13(9-23-11(2)19(24)25)15(20)8-18(17)27-10-12-4-5-14(22)7-16(12)21/h4-8,11,23H,3,9-10H2,1-2H3,(H,24,25). The zero-order valence-electron chi connectivity index (χ0n) is 14.9. The van der Waals surface area contributed by atoms with Gasteiger partial charge in [0.15, 0.2) is 11.5 Å². The Kier molecular flexibility index (Phi) is 7.89. The highest BCUT2D eigenvalue weighted by atomic mass is 79.9. The molecular weight excluding hydrogens is 441 g/mol. The summed E-state index contributed by atoms with van der Waals surface area (Å²) in [6, 6.07) is 6.99. The molecule has 1 atom stereocenters. The number of ether oxygens (including phenoxy) is 2. The van der Waals surface area contributed by atoms with Crippen LogP contribution in [0.3, 0.4) is 0 Å². The molecule has 0 bridgehead atoms. The summed E-state index contributed by atoms with van der Waals surface area (Å²) in [5.74, 6) is -0.306. The molecule has 0 fully saturated rings. The number of halogens is 3. The van der Waals surface area contributed by atoms with Gasteiger partial charge in [-0.2, -0.15) is 0 Å². The fraction of sp³-hybridized carbons (Fsp3) is 0.316. The molecular formula is C19H20BrClFNO4. The number of carboxylic acid groups (broad SMARTS) is 1. The molecule has 0 saturated carbocycles. The molecule has 0 saturated heterocycles.